The van der Waals surface area contributed by atoms with Crippen LogP contribution in [-0.4, -0.2) is 18.5 Å². The van der Waals surface area contributed by atoms with Gasteiger partial charge in [0.15, 0.2) is 0 Å². The van der Waals surface area contributed by atoms with E-state index in [4.69, 9.17) is 0 Å². The number of sulfone groups is 1. The molecule has 1 heterocycles. The predicted octanol–water partition coefficient (Wildman–Crippen LogP) is 1.51. The highest BCUT2D eigenvalue weighted by Crippen LogP contribution is 2.31. The minimum Gasteiger partial charge on any atom is -0.359 e. The summed E-state index contributed by atoms with van der Waals surface area (Å²) < 4.78 is 29.7. The zero-order valence-electron chi connectivity index (χ0n) is 11.7. The van der Waals surface area contributed by atoms with Crippen molar-refractivity contribution in [2.75, 3.05) is 0 Å². The maximum Gasteiger partial charge on any atom is 0.327 e. The number of aromatic nitrogens is 2. The van der Waals surface area contributed by atoms with Gasteiger partial charge in [0.05, 0.1) is 15.0 Å². The standard InChI is InChI=1S/C13H9N3O6S/c1-8-2-4-9(5-3-8)23(20,21)11-7-6-10(15(17)18)12-13(11)16(19)22-14-12/h2-7H,1H3. The average Bonchev–Trinajstić information content (AvgIpc) is 2.89. The van der Waals surface area contributed by atoms with Gasteiger partial charge in [0.1, 0.15) is 4.90 Å². The van der Waals surface area contributed by atoms with Gasteiger partial charge in [-0.1, -0.05) is 17.7 Å². The predicted molar refractivity (Wildman–Crippen MR) is 76.3 cm³/mol. The number of hydrogen-bond donors (Lipinski definition) is 0. The van der Waals surface area contributed by atoms with Gasteiger partial charge in [-0.3, -0.25) is 14.7 Å². The van der Waals surface area contributed by atoms with Crippen molar-refractivity contribution in [1.29, 1.82) is 0 Å². The van der Waals surface area contributed by atoms with Gasteiger partial charge in [-0.25, -0.2) is 8.42 Å². The molecule has 0 atom stereocenters. The smallest absolute Gasteiger partial charge is 0.327 e. The third-order valence-electron chi connectivity index (χ3n) is 3.30. The molecule has 0 aliphatic heterocycles. The molecule has 9 nitrogen and oxygen atoms in total. The molecule has 118 valence electrons. The van der Waals surface area contributed by atoms with Crippen molar-refractivity contribution in [3.8, 4) is 0 Å². The van der Waals surface area contributed by atoms with Crippen molar-refractivity contribution in [3.63, 3.8) is 0 Å². The molecule has 0 amide bonds. The van der Waals surface area contributed by atoms with Crippen LogP contribution in [0.4, 0.5) is 5.69 Å². The van der Waals surface area contributed by atoms with Crippen molar-refractivity contribution in [1.82, 2.24) is 5.16 Å². The highest BCUT2D eigenvalue weighted by atomic mass is 32.2. The first-order valence-electron chi connectivity index (χ1n) is 6.31. The van der Waals surface area contributed by atoms with Crippen LogP contribution in [0.5, 0.6) is 0 Å². The number of benzene rings is 2. The Morgan fingerprint density at radius 3 is 2.43 bits per heavy atom. The summed E-state index contributed by atoms with van der Waals surface area (Å²) >= 11 is 0. The fourth-order valence-electron chi connectivity index (χ4n) is 2.14. The highest BCUT2D eigenvalue weighted by molar-refractivity contribution is 7.91. The molecule has 3 aromatic rings. The normalized spacial score (nSPS) is 11.7. The van der Waals surface area contributed by atoms with Crippen LogP contribution < -0.4 is 4.90 Å². The van der Waals surface area contributed by atoms with Gasteiger partial charge < -0.3 is 5.21 Å². The van der Waals surface area contributed by atoms with Gasteiger partial charge >= 0.3 is 11.2 Å². The largest absolute Gasteiger partial charge is 0.359 e. The fraction of sp³-hybridized carbons (Fsp3) is 0.0769. The Balaban J connectivity index is 2.32. The summed E-state index contributed by atoms with van der Waals surface area (Å²) in [4.78, 5) is 9.59. The Kier molecular flexibility index (Phi) is 3.25. The van der Waals surface area contributed by atoms with E-state index in [1.165, 1.54) is 12.1 Å². The molecule has 0 fully saturated rings. The zero-order chi connectivity index (χ0) is 16.8. The van der Waals surface area contributed by atoms with Gasteiger partial charge in [0.25, 0.3) is 5.52 Å². The number of rotatable bonds is 3. The van der Waals surface area contributed by atoms with E-state index in [9.17, 15) is 23.7 Å². The lowest BCUT2D eigenvalue weighted by molar-refractivity contribution is -0.783. The molecule has 0 N–H and O–H groups in total. The molecule has 23 heavy (non-hydrogen) atoms. The van der Waals surface area contributed by atoms with Crippen LogP contribution in [0.2, 0.25) is 0 Å². The van der Waals surface area contributed by atoms with Crippen molar-refractivity contribution < 1.29 is 22.9 Å². The van der Waals surface area contributed by atoms with Crippen molar-refractivity contribution in [3.05, 3.63) is 57.3 Å². The van der Waals surface area contributed by atoms with Crippen molar-refractivity contribution in [2.24, 2.45) is 0 Å². The van der Waals surface area contributed by atoms with Gasteiger partial charge in [-0.15, -0.1) is 0 Å². The molecule has 0 radical (unpaired) electrons. The third kappa shape index (κ3) is 2.28. The maximum absolute atomic E-state index is 12.7. The fourth-order valence-corrected chi connectivity index (χ4v) is 3.57. The second-order valence-corrected chi connectivity index (χ2v) is 6.70. The van der Waals surface area contributed by atoms with E-state index < -0.39 is 36.4 Å². The highest BCUT2D eigenvalue weighted by Gasteiger charge is 2.32. The SMILES string of the molecule is Cc1ccc(S(=O)(=O)c2ccc([N+](=O)[O-])c3no[n+]([O-])c23)cc1. The average molecular weight is 335 g/mol. The van der Waals surface area contributed by atoms with E-state index in [0.29, 0.717) is 0 Å². The molecule has 0 saturated carbocycles. The maximum atomic E-state index is 12.7. The van der Waals surface area contributed by atoms with E-state index in [-0.39, 0.29) is 9.80 Å². The first-order valence-corrected chi connectivity index (χ1v) is 7.79. The van der Waals surface area contributed by atoms with Gasteiger partial charge in [-0.05, 0) is 30.0 Å². The number of fused-ring (bicyclic) bond motifs is 1. The minimum absolute atomic E-state index is 0.0422. The van der Waals surface area contributed by atoms with Gasteiger partial charge in [0, 0.05) is 6.07 Å². The molecule has 3 rings (SSSR count). The second-order valence-electron chi connectivity index (χ2n) is 4.78. The number of non-ortho nitro benzene ring substituents is 1. The van der Waals surface area contributed by atoms with Crippen LogP contribution in [0.1, 0.15) is 5.56 Å². The lowest BCUT2D eigenvalue weighted by Gasteiger charge is -2.05. The molecule has 10 heteroatoms. The Morgan fingerprint density at radius 2 is 1.83 bits per heavy atom. The Morgan fingerprint density at radius 1 is 1.17 bits per heavy atom. The summed E-state index contributed by atoms with van der Waals surface area (Å²) in [5.41, 5.74) is -0.569. The first-order chi connectivity index (χ1) is 10.8. The Bertz CT molecular complexity index is 1020. The zero-order valence-corrected chi connectivity index (χ0v) is 12.5. The van der Waals surface area contributed by atoms with Crippen LogP contribution in [0.3, 0.4) is 0 Å². The number of nitro groups is 1. The molecule has 0 saturated heterocycles. The topological polar surface area (TPSA) is 130 Å². The van der Waals surface area contributed by atoms with Crippen LogP contribution in [0.15, 0.2) is 50.8 Å². The van der Waals surface area contributed by atoms with Crippen molar-refractivity contribution in [2.45, 2.75) is 16.7 Å². The summed E-state index contributed by atoms with van der Waals surface area (Å²) in [5.74, 6) is 0. The summed E-state index contributed by atoms with van der Waals surface area (Å²) in [5, 5.41) is 26.0. The number of nitrogens with zero attached hydrogens (tertiary/aromatic N) is 3. The molecule has 0 spiro atoms. The number of hydrogen-bond acceptors (Lipinski definition) is 7. The van der Waals surface area contributed by atoms with E-state index in [2.05, 4.69) is 9.79 Å². The van der Waals surface area contributed by atoms with Gasteiger partial charge in [0.2, 0.25) is 9.84 Å². The monoisotopic (exact) mass is 335 g/mol. The summed E-state index contributed by atoms with van der Waals surface area (Å²) in [7, 11) is -4.06. The lowest BCUT2D eigenvalue weighted by atomic mass is 10.2. The van der Waals surface area contributed by atoms with E-state index in [0.717, 1.165) is 17.7 Å². The quantitative estimate of drug-likeness (QED) is 0.403. The molecule has 0 unspecified atom stereocenters. The summed E-state index contributed by atoms with van der Waals surface area (Å²) in [6.07, 6.45) is 0. The summed E-state index contributed by atoms with van der Waals surface area (Å²) in [6.45, 7) is 1.80. The number of aryl methyl sites for hydroxylation is 1. The van der Waals surface area contributed by atoms with Crippen molar-refractivity contribution >= 4 is 26.6 Å². The number of nitro benzene ring substituents is 1. The second kappa shape index (κ2) is 5.02. The molecule has 0 aliphatic rings. The molecule has 2 aromatic carbocycles. The lowest BCUT2D eigenvalue weighted by Crippen LogP contribution is -2.25. The molecular weight excluding hydrogens is 326 g/mol. The van der Waals surface area contributed by atoms with E-state index >= 15 is 0 Å². The Labute approximate surface area is 129 Å². The van der Waals surface area contributed by atoms with E-state index in [1.54, 1.807) is 19.1 Å². The summed E-state index contributed by atoms with van der Waals surface area (Å²) in [6, 6.07) is 7.97. The molecule has 1 aromatic heterocycles. The van der Waals surface area contributed by atoms with Crippen LogP contribution in [-0.2, 0) is 9.84 Å². The first kappa shape index (κ1) is 14.9. The Hall–Kier alpha value is -3.01. The minimum atomic E-state index is -4.06. The molecular formula is C13H9N3O6S. The molecule has 0 aliphatic carbocycles. The third-order valence-corrected chi connectivity index (χ3v) is 5.10. The van der Waals surface area contributed by atoms with Gasteiger partial charge in [-0.2, -0.15) is 0 Å². The molecule has 0 bridgehead atoms. The van der Waals surface area contributed by atoms with E-state index in [1.807, 2.05) is 0 Å². The van der Waals surface area contributed by atoms with Crippen LogP contribution >= 0.6 is 0 Å². The van der Waals surface area contributed by atoms with Crippen LogP contribution in [0, 0.1) is 22.2 Å². The van der Waals surface area contributed by atoms with Crippen LogP contribution in [0.25, 0.3) is 11.0 Å².